The molecule has 3 aromatic rings. The van der Waals surface area contributed by atoms with Gasteiger partial charge in [-0.25, -0.2) is 14.6 Å². The second-order valence-electron chi connectivity index (χ2n) is 5.63. The lowest BCUT2D eigenvalue weighted by atomic mass is 10.1. The molecule has 0 aliphatic heterocycles. The van der Waals surface area contributed by atoms with Gasteiger partial charge in [0.15, 0.2) is 11.2 Å². The van der Waals surface area contributed by atoms with Crippen LogP contribution in [0, 0.1) is 5.92 Å². The van der Waals surface area contributed by atoms with Gasteiger partial charge in [-0.3, -0.25) is 0 Å². The van der Waals surface area contributed by atoms with Gasteiger partial charge in [0.1, 0.15) is 6.33 Å². The van der Waals surface area contributed by atoms with E-state index in [-0.39, 0.29) is 6.04 Å². The molecular weight excluding hydrogens is 300 g/mol. The van der Waals surface area contributed by atoms with Crippen molar-refractivity contribution in [3.05, 3.63) is 46.9 Å². The summed E-state index contributed by atoms with van der Waals surface area (Å²) < 4.78 is 1.74. The molecule has 1 aliphatic rings. The molecule has 0 spiro atoms. The standard InChI is InChI=1S/C15H15ClN6/c16-11-4-2-1-3-10(11)7-22-15-14(20-21-22)13(18-8-19-15)12(17)9-5-6-9/h1-4,8-9,12H,5-7,17H2. The summed E-state index contributed by atoms with van der Waals surface area (Å²) in [5.41, 5.74) is 9.41. The molecule has 1 aromatic carbocycles. The summed E-state index contributed by atoms with van der Waals surface area (Å²) in [7, 11) is 0. The van der Waals surface area contributed by atoms with Crippen molar-refractivity contribution in [2.45, 2.75) is 25.4 Å². The molecule has 2 aromatic heterocycles. The predicted molar refractivity (Wildman–Crippen MR) is 83.3 cm³/mol. The molecule has 7 heteroatoms. The second kappa shape index (κ2) is 5.30. The molecule has 1 fully saturated rings. The molecule has 2 heterocycles. The summed E-state index contributed by atoms with van der Waals surface area (Å²) >= 11 is 6.21. The Bertz CT molecular complexity index is 826. The highest BCUT2D eigenvalue weighted by Crippen LogP contribution is 2.39. The van der Waals surface area contributed by atoms with Gasteiger partial charge in [0.05, 0.1) is 18.3 Å². The molecule has 22 heavy (non-hydrogen) atoms. The van der Waals surface area contributed by atoms with E-state index in [2.05, 4.69) is 20.3 Å². The fraction of sp³-hybridized carbons (Fsp3) is 0.333. The molecule has 1 saturated carbocycles. The zero-order chi connectivity index (χ0) is 15.1. The van der Waals surface area contributed by atoms with Crippen molar-refractivity contribution >= 4 is 22.8 Å². The van der Waals surface area contributed by atoms with Crippen LogP contribution in [0.1, 0.15) is 30.1 Å². The van der Waals surface area contributed by atoms with Crippen LogP contribution in [0.15, 0.2) is 30.6 Å². The highest BCUT2D eigenvalue weighted by Gasteiger charge is 2.32. The van der Waals surface area contributed by atoms with Crippen molar-refractivity contribution in [2.75, 3.05) is 0 Å². The van der Waals surface area contributed by atoms with Gasteiger partial charge >= 0.3 is 0 Å². The molecule has 112 valence electrons. The number of rotatable bonds is 4. The Morgan fingerprint density at radius 1 is 1.27 bits per heavy atom. The van der Waals surface area contributed by atoms with E-state index in [0.717, 1.165) is 24.1 Å². The number of aromatic nitrogens is 5. The maximum absolute atomic E-state index is 6.26. The maximum atomic E-state index is 6.26. The first kappa shape index (κ1) is 13.6. The van der Waals surface area contributed by atoms with E-state index in [1.54, 1.807) is 4.68 Å². The Kier molecular flexibility index (Phi) is 3.28. The fourth-order valence-electron chi connectivity index (χ4n) is 2.63. The molecule has 1 unspecified atom stereocenters. The van der Waals surface area contributed by atoms with Gasteiger partial charge in [-0.15, -0.1) is 5.10 Å². The first-order valence-electron chi connectivity index (χ1n) is 7.27. The number of benzene rings is 1. The average Bonchev–Trinajstić information content (AvgIpc) is 3.31. The minimum absolute atomic E-state index is 0.0871. The van der Waals surface area contributed by atoms with Gasteiger partial charge < -0.3 is 5.73 Å². The number of nitrogens with zero attached hydrogens (tertiary/aromatic N) is 5. The molecule has 6 nitrogen and oxygen atoms in total. The highest BCUT2D eigenvalue weighted by atomic mass is 35.5. The lowest BCUT2D eigenvalue weighted by molar-refractivity contribution is 0.617. The molecule has 0 radical (unpaired) electrons. The zero-order valence-corrected chi connectivity index (χ0v) is 12.6. The van der Waals surface area contributed by atoms with E-state index in [1.807, 2.05) is 24.3 Å². The van der Waals surface area contributed by atoms with Gasteiger partial charge in [-0.2, -0.15) is 0 Å². The Morgan fingerprint density at radius 2 is 2.09 bits per heavy atom. The van der Waals surface area contributed by atoms with Crippen LogP contribution >= 0.6 is 11.6 Å². The largest absolute Gasteiger partial charge is 0.322 e. The summed E-state index contributed by atoms with van der Waals surface area (Å²) in [5.74, 6) is 0.506. The second-order valence-corrected chi connectivity index (χ2v) is 6.04. The molecular formula is C15H15ClN6. The fourth-order valence-corrected chi connectivity index (χ4v) is 2.82. The quantitative estimate of drug-likeness (QED) is 0.799. The third kappa shape index (κ3) is 2.34. The number of nitrogens with two attached hydrogens (primary N) is 1. The third-order valence-electron chi connectivity index (χ3n) is 4.05. The summed E-state index contributed by atoms with van der Waals surface area (Å²) in [6, 6.07) is 7.59. The number of halogens is 1. The van der Waals surface area contributed by atoms with E-state index < -0.39 is 0 Å². The van der Waals surface area contributed by atoms with Crippen LogP contribution in [0.3, 0.4) is 0 Å². The maximum Gasteiger partial charge on any atom is 0.182 e. The molecule has 0 bridgehead atoms. The Hall–Kier alpha value is -2.05. The van der Waals surface area contributed by atoms with Gasteiger partial charge in [-0.05, 0) is 30.4 Å². The summed E-state index contributed by atoms with van der Waals surface area (Å²) in [4.78, 5) is 8.65. The SMILES string of the molecule is NC(c1ncnc2c1nnn2Cc1ccccc1Cl)C1CC1. The van der Waals surface area contributed by atoms with Crippen LogP contribution in [0.25, 0.3) is 11.2 Å². The van der Waals surface area contributed by atoms with Crippen molar-refractivity contribution in [3.63, 3.8) is 0 Å². The van der Waals surface area contributed by atoms with Crippen molar-refractivity contribution < 1.29 is 0 Å². The van der Waals surface area contributed by atoms with Gasteiger partial charge in [-0.1, -0.05) is 35.0 Å². The van der Waals surface area contributed by atoms with Crippen LogP contribution in [0.2, 0.25) is 5.02 Å². The van der Waals surface area contributed by atoms with Crippen molar-refractivity contribution in [1.29, 1.82) is 0 Å². The minimum Gasteiger partial charge on any atom is -0.322 e. The van der Waals surface area contributed by atoms with Crippen LogP contribution in [0.5, 0.6) is 0 Å². The topological polar surface area (TPSA) is 82.5 Å². The van der Waals surface area contributed by atoms with E-state index in [4.69, 9.17) is 17.3 Å². The first-order valence-corrected chi connectivity index (χ1v) is 7.65. The van der Waals surface area contributed by atoms with Crippen molar-refractivity contribution in [1.82, 2.24) is 25.0 Å². The average molecular weight is 315 g/mol. The Balaban J connectivity index is 1.74. The zero-order valence-electron chi connectivity index (χ0n) is 11.9. The van der Waals surface area contributed by atoms with Crippen molar-refractivity contribution in [2.24, 2.45) is 11.7 Å². The van der Waals surface area contributed by atoms with E-state index in [0.29, 0.717) is 28.6 Å². The highest BCUT2D eigenvalue weighted by molar-refractivity contribution is 6.31. The van der Waals surface area contributed by atoms with Crippen LogP contribution in [-0.4, -0.2) is 25.0 Å². The normalized spacial score (nSPS) is 16.1. The third-order valence-corrected chi connectivity index (χ3v) is 4.42. The molecule has 1 aliphatic carbocycles. The van der Waals surface area contributed by atoms with E-state index in [1.165, 1.54) is 6.33 Å². The number of hydrogen-bond acceptors (Lipinski definition) is 5. The van der Waals surface area contributed by atoms with Gasteiger partial charge in [0, 0.05) is 5.02 Å². The van der Waals surface area contributed by atoms with E-state index in [9.17, 15) is 0 Å². The lowest BCUT2D eigenvalue weighted by Gasteiger charge is -2.09. The number of hydrogen-bond donors (Lipinski definition) is 1. The summed E-state index contributed by atoms with van der Waals surface area (Å²) in [5, 5.41) is 9.15. The van der Waals surface area contributed by atoms with Crippen LogP contribution in [-0.2, 0) is 6.54 Å². The van der Waals surface area contributed by atoms with Gasteiger partial charge in [0.2, 0.25) is 0 Å². The molecule has 1 atom stereocenters. The smallest absolute Gasteiger partial charge is 0.182 e. The predicted octanol–water partition coefficient (Wildman–Crippen LogP) is 2.33. The summed E-state index contributed by atoms with van der Waals surface area (Å²) in [6.45, 7) is 0.519. The lowest BCUT2D eigenvalue weighted by Crippen LogP contribution is -2.15. The van der Waals surface area contributed by atoms with Crippen LogP contribution in [0.4, 0.5) is 0 Å². The van der Waals surface area contributed by atoms with Crippen molar-refractivity contribution in [3.8, 4) is 0 Å². The number of fused-ring (bicyclic) bond motifs is 1. The molecule has 0 amide bonds. The minimum atomic E-state index is -0.0871. The monoisotopic (exact) mass is 314 g/mol. The van der Waals surface area contributed by atoms with E-state index >= 15 is 0 Å². The molecule has 0 saturated heterocycles. The Morgan fingerprint density at radius 3 is 2.86 bits per heavy atom. The molecule has 4 rings (SSSR count). The first-order chi connectivity index (χ1) is 10.7. The molecule has 2 N–H and O–H groups in total. The van der Waals surface area contributed by atoms with Gasteiger partial charge in [0.25, 0.3) is 0 Å². The summed E-state index contributed by atoms with van der Waals surface area (Å²) in [6.07, 6.45) is 3.84. The van der Waals surface area contributed by atoms with Crippen LogP contribution < -0.4 is 5.73 Å². The Labute approximate surface area is 132 Å².